The van der Waals surface area contributed by atoms with Crippen molar-refractivity contribution in [3.8, 4) is 0 Å². The Morgan fingerprint density at radius 1 is 1.11 bits per heavy atom. The van der Waals surface area contributed by atoms with Gasteiger partial charge in [-0.3, -0.25) is 0 Å². The van der Waals surface area contributed by atoms with Crippen molar-refractivity contribution in [1.29, 1.82) is 0 Å². The van der Waals surface area contributed by atoms with Crippen LogP contribution in [-0.4, -0.2) is 0 Å². The van der Waals surface area contributed by atoms with Crippen molar-refractivity contribution in [2.24, 2.45) is 0 Å². The quantitative estimate of drug-likeness (QED) is 0.373. The highest BCUT2D eigenvalue weighted by molar-refractivity contribution is 14.1. The molecule has 1 unspecified atom stereocenters. The molecule has 1 aromatic heterocycles. The molecule has 3 rings (SSSR count). The highest BCUT2D eigenvalue weighted by Crippen LogP contribution is 2.31. The summed E-state index contributed by atoms with van der Waals surface area (Å²) in [5.74, 6) is 0. The third kappa shape index (κ3) is 2.96. The van der Waals surface area contributed by atoms with E-state index in [1.54, 1.807) is 11.3 Å². The Bertz CT molecular complexity index is 699. The predicted molar refractivity (Wildman–Crippen MR) is 93.3 cm³/mol. The Hall–Kier alpha value is -0.580. The number of alkyl halides is 1. The van der Waals surface area contributed by atoms with Crippen LogP contribution in [0.15, 0.2) is 53.9 Å². The lowest BCUT2D eigenvalue weighted by molar-refractivity contribution is 0.932. The van der Waals surface area contributed by atoms with Crippen LogP contribution in [0.5, 0.6) is 0 Å². The van der Waals surface area contributed by atoms with E-state index in [4.69, 9.17) is 11.6 Å². The molecule has 96 valence electrons. The highest BCUT2D eigenvalue weighted by Gasteiger charge is 2.12. The van der Waals surface area contributed by atoms with Gasteiger partial charge in [0.05, 0.1) is 8.26 Å². The van der Waals surface area contributed by atoms with Gasteiger partial charge < -0.3 is 0 Å². The van der Waals surface area contributed by atoms with E-state index >= 15 is 0 Å². The maximum absolute atomic E-state index is 6.56. The average Bonchev–Trinajstić information content (AvgIpc) is 2.86. The fourth-order valence-electron chi connectivity index (χ4n) is 2.27. The van der Waals surface area contributed by atoms with Crippen LogP contribution in [0.2, 0.25) is 0 Å². The van der Waals surface area contributed by atoms with Gasteiger partial charge in [-0.1, -0.05) is 42.5 Å². The van der Waals surface area contributed by atoms with Crippen molar-refractivity contribution >= 4 is 56.3 Å². The number of thiophene rings is 1. The summed E-state index contributed by atoms with van der Waals surface area (Å²) in [6.07, 6.45) is 0.871. The molecule has 3 aromatic rings. The summed E-state index contributed by atoms with van der Waals surface area (Å²) in [6, 6.07) is 17.1. The molecule has 3 heteroatoms. The van der Waals surface area contributed by atoms with Gasteiger partial charge in [0, 0.05) is 0 Å². The third-order valence-corrected chi connectivity index (χ3v) is 5.44. The normalized spacial score (nSPS) is 12.7. The summed E-state index contributed by atoms with van der Waals surface area (Å²) in [6.45, 7) is 0. The molecular formula is C16H12ClIS. The molecule has 0 N–H and O–H groups in total. The van der Waals surface area contributed by atoms with Crippen molar-refractivity contribution in [2.45, 2.75) is 11.8 Å². The molecule has 0 amide bonds. The van der Waals surface area contributed by atoms with Crippen molar-refractivity contribution < 1.29 is 0 Å². The second kappa shape index (κ2) is 5.81. The molecule has 0 fully saturated rings. The molecule has 0 nitrogen and oxygen atoms in total. The second-order valence-electron chi connectivity index (χ2n) is 4.49. The predicted octanol–water partition coefficient (Wildman–Crippen LogP) is 6.03. The first kappa shape index (κ1) is 13.4. The van der Waals surface area contributed by atoms with Crippen molar-refractivity contribution in [1.82, 2.24) is 0 Å². The average molecular weight is 399 g/mol. The lowest BCUT2D eigenvalue weighted by Crippen LogP contribution is -1.95. The Balaban J connectivity index is 1.93. The van der Waals surface area contributed by atoms with Crippen LogP contribution in [0.3, 0.4) is 0 Å². The van der Waals surface area contributed by atoms with Crippen molar-refractivity contribution in [3.63, 3.8) is 0 Å². The smallest absolute Gasteiger partial charge is 0.0656 e. The summed E-state index contributed by atoms with van der Waals surface area (Å²) in [7, 11) is 0. The standard InChI is InChI=1S/C16H12ClIS/c17-15(13-9-16(18)19-10-13)8-12-6-3-5-11-4-1-2-7-14(11)12/h1-7,9-10,15H,8H2. The number of rotatable bonds is 3. The number of hydrogen-bond donors (Lipinski definition) is 0. The first-order valence-corrected chi connectivity index (χ1v) is 8.48. The second-order valence-corrected chi connectivity index (χ2v) is 7.83. The van der Waals surface area contributed by atoms with Gasteiger partial charge in [0.25, 0.3) is 0 Å². The molecule has 0 saturated carbocycles. The topological polar surface area (TPSA) is 0 Å². The van der Waals surface area contributed by atoms with Crippen LogP contribution in [0.1, 0.15) is 16.5 Å². The monoisotopic (exact) mass is 398 g/mol. The minimum Gasteiger partial charge on any atom is -0.137 e. The molecule has 0 aliphatic heterocycles. The van der Waals surface area contributed by atoms with Crippen molar-refractivity contribution in [2.75, 3.05) is 0 Å². The molecule has 0 aliphatic carbocycles. The molecular weight excluding hydrogens is 387 g/mol. The van der Waals surface area contributed by atoms with Crippen LogP contribution in [0.4, 0.5) is 0 Å². The van der Waals surface area contributed by atoms with E-state index in [1.165, 1.54) is 24.8 Å². The highest BCUT2D eigenvalue weighted by atomic mass is 127. The van der Waals surface area contributed by atoms with Gasteiger partial charge in [0.15, 0.2) is 0 Å². The van der Waals surface area contributed by atoms with Crippen LogP contribution >= 0.6 is 45.5 Å². The number of hydrogen-bond acceptors (Lipinski definition) is 1. The van der Waals surface area contributed by atoms with E-state index in [-0.39, 0.29) is 5.38 Å². The maximum Gasteiger partial charge on any atom is 0.0656 e. The van der Waals surface area contributed by atoms with Gasteiger partial charge in [-0.15, -0.1) is 22.9 Å². The number of benzene rings is 2. The van der Waals surface area contributed by atoms with Gasteiger partial charge in [0.2, 0.25) is 0 Å². The zero-order valence-corrected chi connectivity index (χ0v) is 13.9. The van der Waals surface area contributed by atoms with Crippen molar-refractivity contribution in [3.05, 3.63) is 67.9 Å². The van der Waals surface area contributed by atoms with E-state index in [9.17, 15) is 0 Å². The zero-order valence-electron chi connectivity index (χ0n) is 10.1. The first-order valence-electron chi connectivity index (χ1n) is 6.08. The zero-order chi connectivity index (χ0) is 13.2. The Kier molecular flexibility index (Phi) is 4.10. The van der Waals surface area contributed by atoms with E-state index in [0.29, 0.717) is 0 Å². The lowest BCUT2D eigenvalue weighted by atomic mass is 9.99. The molecule has 0 spiro atoms. The largest absolute Gasteiger partial charge is 0.137 e. The van der Waals surface area contributed by atoms with Crippen LogP contribution in [-0.2, 0) is 6.42 Å². The summed E-state index contributed by atoms with van der Waals surface area (Å²) < 4.78 is 1.29. The third-order valence-electron chi connectivity index (χ3n) is 3.23. The first-order chi connectivity index (χ1) is 9.24. The molecule has 0 aliphatic rings. The van der Waals surface area contributed by atoms with E-state index < -0.39 is 0 Å². The molecule has 19 heavy (non-hydrogen) atoms. The minimum atomic E-state index is 0.0468. The fourth-order valence-corrected chi connectivity index (χ4v) is 4.06. The number of fused-ring (bicyclic) bond motifs is 1. The van der Waals surface area contributed by atoms with Gasteiger partial charge in [-0.05, 0) is 62.4 Å². The lowest BCUT2D eigenvalue weighted by Gasteiger charge is -2.10. The van der Waals surface area contributed by atoms with Gasteiger partial charge in [-0.2, -0.15) is 0 Å². The Labute approximate surface area is 135 Å². The SMILES string of the molecule is ClC(Cc1cccc2ccccc12)c1csc(I)c1. The van der Waals surface area contributed by atoms with Gasteiger partial charge >= 0.3 is 0 Å². The summed E-state index contributed by atoms with van der Waals surface area (Å²) in [5, 5.41) is 4.79. The molecule has 0 radical (unpaired) electrons. The number of halogens is 2. The van der Waals surface area contributed by atoms with Gasteiger partial charge in [-0.25, -0.2) is 0 Å². The van der Waals surface area contributed by atoms with Crippen LogP contribution in [0, 0.1) is 2.88 Å². The molecule has 1 atom stereocenters. The van der Waals surface area contributed by atoms with Crippen LogP contribution in [0.25, 0.3) is 10.8 Å². The molecule has 0 saturated heterocycles. The Morgan fingerprint density at radius 2 is 1.89 bits per heavy atom. The van der Waals surface area contributed by atoms with Crippen LogP contribution < -0.4 is 0 Å². The Morgan fingerprint density at radius 3 is 2.68 bits per heavy atom. The fraction of sp³-hybridized carbons (Fsp3) is 0.125. The van der Waals surface area contributed by atoms with E-state index in [2.05, 4.69) is 76.5 Å². The summed E-state index contributed by atoms with van der Waals surface area (Å²) in [4.78, 5) is 0. The molecule has 2 aromatic carbocycles. The molecule has 0 bridgehead atoms. The van der Waals surface area contributed by atoms with E-state index in [1.807, 2.05) is 0 Å². The minimum absolute atomic E-state index is 0.0468. The summed E-state index contributed by atoms with van der Waals surface area (Å²) >= 11 is 10.6. The maximum atomic E-state index is 6.56. The van der Waals surface area contributed by atoms with E-state index in [0.717, 1.165) is 6.42 Å². The molecule has 1 heterocycles. The van der Waals surface area contributed by atoms with Gasteiger partial charge in [0.1, 0.15) is 0 Å². The summed E-state index contributed by atoms with van der Waals surface area (Å²) in [5.41, 5.74) is 2.54.